The van der Waals surface area contributed by atoms with Crippen molar-refractivity contribution < 1.29 is 45.4 Å². The Morgan fingerprint density at radius 1 is 0.755 bits per heavy atom. The fourth-order valence-electron chi connectivity index (χ4n) is 5.66. The van der Waals surface area contributed by atoms with E-state index >= 15 is 0 Å². The predicted octanol–water partition coefficient (Wildman–Crippen LogP) is 12.5. The van der Waals surface area contributed by atoms with Gasteiger partial charge in [0.05, 0.1) is 30.3 Å². The molecule has 0 fully saturated rings. The molecule has 0 aliphatic rings. The number of unbranched alkanes of at least 4 members (excludes halogenated alkanes) is 15. The summed E-state index contributed by atoms with van der Waals surface area (Å²) in [6.07, 6.45) is 10.8. The Bertz CT molecular complexity index is 1370. The number of nitrogens with zero attached hydrogens (tertiary/aromatic N) is 4. The summed E-state index contributed by atoms with van der Waals surface area (Å²) in [6, 6.07) is 3.15. The van der Waals surface area contributed by atoms with Crippen LogP contribution in [0, 0.1) is 11.3 Å². The lowest BCUT2D eigenvalue weighted by atomic mass is 10.1. The van der Waals surface area contributed by atoms with Gasteiger partial charge in [0.1, 0.15) is 17.6 Å². The van der Waals surface area contributed by atoms with Crippen molar-refractivity contribution in [3.8, 4) is 23.3 Å². The van der Waals surface area contributed by atoms with Crippen LogP contribution in [-0.2, 0) is 15.8 Å². The second-order valence-corrected chi connectivity index (χ2v) is 14.1. The zero-order valence-corrected chi connectivity index (χ0v) is 32.4. The minimum absolute atomic E-state index is 0.00583. The summed E-state index contributed by atoms with van der Waals surface area (Å²) in [4.78, 5) is 18.2. The number of rotatable bonds is 27. The van der Waals surface area contributed by atoms with Crippen LogP contribution in [0.3, 0.4) is 0 Å². The number of carbonyl (C=O) groups is 1. The van der Waals surface area contributed by atoms with E-state index in [0.29, 0.717) is 24.3 Å². The van der Waals surface area contributed by atoms with Gasteiger partial charge in [0.25, 0.3) is 0 Å². The molecular weight excluding hydrogens is 722 g/mol. The lowest BCUT2D eigenvalue weighted by Gasteiger charge is -2.25. The molecule has 0 saturated carbocycles. The highest BCUT2D eigenvalue weighted by Gasteiger charge is 2.40. The molecule has 0 unspecified atom stereocenters. The Labute approximate surface area is 314 Å². The van der Waals surface area contributed by atoms with Gasteiger partial charge in [0, 0.05) is 6.92 Å². The first kappa shape index (κ1) is 46.0. The number of carbonyl (C=O) groups excluding carboxylic acids is 1. The number of nitriles is 1. The summed E-state index contributed by atoms with van der Waals surface area (Å²) in [6.45, 7) is 7.25. The van der Waals surface area contributed by atoms with Crippen LogP contribution in [-0.4, -0.2) is 41.0 Å². The van der Waals surface area contributed by atoms with Crippen LogP contribution in [0.2, 0.25) is 0 Å². The van der Waals surface area contributed by atoms with E-state index in [4.69, 9.17) is 14.3 Å². The van der Waals surface area contributed by atoms with Crippen molar-refractivity contribution in [1.82, 2.24) is 9.78 Å². The summed E-state index contributed by atoms with van der Waals surface area (Å²) < 4.78 is 97.9. The Morgan fingerprint density at radius 3 is 1.58 bits per heavy atom. The van der Waals surface area contributed by atoms with Crippen LogP contribution < -0.4 is 14.5 Å². The van der Waals surface area contributed by atoms with Crippen LogP contribution >= 0.6 is 11.8 Å². The molecule has 0 aliphatic heterocycles. The molecule has 1 amide bonds. The van der Waals surface area contributed by atoms with Crippen LogP contribution in [0.4, 0.5) is 32.2 Å². The molecular formula is C38H56F6N4O4S. The molecule has 0 saturated heterocycles. The van der Waals surface area contributed by atoms with Gasteiger partial charge in [0.15, 0.2) is 17.2 Å². The zero-order chi connectivity index (χ0) is 39.3. The summed E-state index contributed by atoms with van der Waals surface area (Å²) in [7, 11) is 0. The predicted molar refractivity (Wildman–Crippen MR) is 195 cm³/mol. The molecule has 8 nitrogen and oxygen atoms in total. The van der Waals surface area contributed by atoms with E-state index in [0.717, 1.165) is 120 Å². The highest BCUT2D eigenvalue weighted by Crippen LogP contribution is 2.48. The Hall–Kier alpha value is -3.12. The molecule has 0 aliphatic carbocycles. The fraction of sp³-hybridized carbons (Fsp3) is 0.711. The van der Waals surface area contributed by atoms with Crippen LogP contribution in [0.5, 0.6) is 11.5 Å². The first-order valence-corrected chi connectivity index (χ1v) is 19.8. The van der Waals surface area contributed by atoms with E-state index in [1.54, 1.807) is 6.07 Å². The Morgan fingerprint density at radius 2 is 1.19 bits per heavy atom. The second kappa shape index (κ2) is 24.3. The van der Waals surface area contributed by atoms with Crippen molar-refractivity contribution in [1.29, 1.82) is 5.26 Å². The maximum absolute atomic E-state index is 14.3. The fourth-order valence-corrected chi connectivity index (χ4v) is 6.33. The number of hydrogen-bond donors (Lipinski definition) is 0. The van der Waals surface area contributed by atoms with Crippen molar-refractivity contribution in [3.63, 3.8) is 0 Å². The highest BCUT2D eigenvalue weighted by molar-refractivity contribution is 8.00. The maximum atomic E-state index is 14.3. The molecule has 0 spiro atoms. The molecule has 0 bridgehead atoms. The van der Waals surface area contributed by atoms with Gasteiger partial charge in [-0.25, -0.2) is 4.68 Å². The molecule has 53 heavy (non-hydrogen) atoms. The van der Waals surface area contributed by atoms with Gasteiger partial charge in [0.2, 0.25) is 5.91 Å². The van der Waals surface area contributed by atoms with Gasteiger partial charge in [-0.15, -0.1) is 0 Å². The third-order valence-electron chi connectivity index (χ3n) is 8.43. The molecule has 0 N–H and O–H groups in total. The van der Waals surface area contributed by atoms with E-state index in [9.17, 15) is 36.4 Å². The number of anilines is 1. The number of alkyl halides is 6. The summed E-state index contributed by atoms with van der Waals surface area (Å²) >= 11 is -0.668. The van der Waals surface area contributed by atoms with E-state index in [1.165, 1.54) is 0 Å². The van der Waals surface area contributed by atoms with E-state index in [-0.39, 0.29) is 37.0 Å². The van der Waals surface area contributed by atoms with Gasteiger partial charge in [-0.05, 0) is 43.2 Å². The van der Waals surface area contributed by atoms with Gasteiger partial charge < -0.3 is 9.47 Å². The van der Waals surface area contributed by atoms with Crippen molar-refractivity contribution in [3.05, 3.63) is 23.4 Å². The average molecular weight is 779 g/mol. The molecule has 300 valence electrons. The highest BCUT2D eigenvalue weighted by atomic mass is 32.2. The number of benzene rings is 1. The quantitative estimate of drug-likeness (QED) is 0.0386. The lowest BCUT2D eigenvalue weighted by molar-refractivity contribution is -0.137. The zero-order valence-electron chi connectivity index (χ0n) is 31.6. The SMILES string of the molecule is CCCCCCCCOc1cc(C(F)(F)F)cc(OCCCCCCCC)c1-n1nc(C#N)c(SC(F)(F)F)c1N(OCCCCCCCC)C(C)=O. The number of hydrogen-bond acceptors (Lipinski definition) is 7. The summed E-state index contributed by atoms with van der Waals surface area (Å²) in [5.74, 6) is -2.16. The van der Waals surface area contributed by atoms with E-state index in [2.05, 4.69) is 25.9 Å². The minimum atomic E-state index is -4.93. The largest absolute Gasteiger partial charge is 0.491 e. The topological polar surface area (TPSA) is 89.6 Å². The Kier molecular flexibility index (Phi) is 21.1. The van der Waals surface area contributed by atoms with Gasteiger partial charge in [-0.3, -0.25) is 9.63 Å². The number of hydroxylamine groups is 1. The molecule has 2 aromatic rings. The number of ether oxygens (including phenoxy) is 2. The molecule has 15 heteroatoms. The first-order valence-electron chi connectivity index (χ1n) is 19.0. The number of amides is 1. The van der Waals surface area contributed by atoms with Crippen LogP contribution in [0.1, 0.15) is 155 Å². The van der Waals surface area contributed by atoms with E-state index < -0.39 is 51.3 Å². The van der Waals surface area contributed by atoms with Crippen molar-refractivity contribution in [2.24, 2.45) is 0 Å². The smallest absolute Gasteiger partial charge is 0.446 e. The summed E-state index contributed by atoms with van der Waals surface area (Å²) in [5, 5.41) is 14.8. The summed E-state index contributed by atoms with van der Waals surface area (Å²) in [5.41, 5.74) is -7.01. The normalized spacial score (nSPS) is 11.9. The molecule has 1 aromatic carbocycles. The molecule has 1 heterocycles. The van der Waals surface area contributed by atoms with Gasteiger partial charge >= 0.3 is 11.7 Å². The molecule has 2 rings (SSSR count). The molecule has 0 radical (unpaired) electrons. The maximum Gasteiger partial charge on any atom is 0.446 e. The van der Waals surface area contributed by atoms with Gasteiger partial charge in [-0.1, -0.05) is 117 Å². The molecule has 1 aromatic heterocycles. The average Bonchev–Trinajstić information content (AvgIpc) is 3.43. The standard InChI is InChI=1S/C38H56F6N4O4S/c1-5-8-11-14-17-20-23-50-32-26-30(37(39,40)41)27-33(51-24-21-18-15-12-9-6-2)34(32)47-36(35(31(28-45)46-47)53-38(42,43)44)48(29(4)49)52-25-22-19-16-13-10-7-3/h26-27H,5-25H2,1-4H3. The Balaban J connectivity index is 2.75. The minimum Gasteiger partial charge on any atom is -0.491 e. The van der Waals surface area contributed by atoms with Crippen LogP contribution in [0.25, 0.3) is 5.69 Å². The molecule has 0 atom stereocenters. The van der Waals surface area contributed by atoms with E-state index in [1.807, 2.05) is 0 Å². The number of aromatic nitrogens is 2. The number of halogens is 6. The third kappa shape index (κ3) is 16.4. The van der Waals surface area contributed by atoms with Gasteiger partial charge in [-0.2, -0.15) is 41.8 Å². The van der Waals surface area contributed by atoms with Crippen LogP contribution in [0.15, 0.2) is 17.0 Å². The first-order chi connectivity index (χ1) is 25.3. The third-order valence-corrected chi connectivity index (χ3v) is 9.24. The second-order valence-electron chi connectivity index (χ2n) is 13.0. The lowest BCUT2D eigenvalue weighted by Crippen LogP contribution is -2.32. The monoisotopic (exact) mass is 778 g/mol. The van der Waals surface area contributed by atoms with Crippen molar-refractivity contribution in [2.75, 3.05) is 24.9 Å². The number of thioether (sulfide) groups is 1. The van der Waals surface area contributed by atoms with Crippen molar-refractivity contribution >= 4 is 23.5 Å². The van der Waals surface area contributed by atoms with Crippen molar-refractivity contribution in [2.45, 2.75) is 160 Å².